The molecule has 3 N–H and O–H groups in total. The summed E-state index contributed by atoms with van der Waals surface area (Å²) in [5.74, 6) is -1.36. The average Bonchev–Trinajstić information content (AvgIpc) is 3.39. The first kappa shape index (κ1) is 23.2. The highest BCUT2D eigenvalue weighted by molar-refractivity contribution is 7.13. The zero-order chi connectivity index (χ0) is 24.1. The molecule has 0 saturated carbocycles. The van der Waals surface area contributed by atoms with Gasteiger partial charge in [-0.05, 0) is 29.2 Å². The van der Waals surface area contributed by atoms with E-state index in [1.165, 1.54) is 24.3 Å². The smallest absolute Gasteiger partial charge is 0.413 e. The summed E-state index contributed by atoms with van der Waals surface area (Å²) in [4.78, 5) is 39.4. The van der Waals surface area contributed by atoms with Crippen LogP contribution >= 0.6 is 11.3 Å². The molecule has 0 unspecified atom stereocenters. The number of anilines is 1. The van der Waals surface area contributed by atoms with Gasteiger partial charge in [-0.15, -0.1) is 11.3 Å². The maximum Gasteiger partial charge on any atom is 0.413 e. The predicted octanol–water partition coefficient (Wildman–Crippen LogP) is 4.19. The van der Waals surface area contributed by atoms with Crippen LogP contribution in [0.3, 0.4) is 0 Å². The molecule has 1 aliphatic rings. The molecule has 0 bridgehead atoms. The lowest BCUT2D eigenvalue weighted by Crippen LogP contribution is -2.25. The van der Waals surface area contributed by atoms with Gasteiger partial charge in [0.15, 0.2) is 5.13 Å². The first-order chi connectivity index (χ1) is 16.4. The summed E-state index contributed by atoms with van der Waals surface area (Å²) in [5, 5.41) is 16.0. The molecule has 1 heterocycles. The molecule has 0 atom stereocenters. The van der Waals surface area contributed by atoms with Crippen molar-refractivity contribution in [2.75, 3.05) is 18.5 Å². The zero-order valence-corrected chi connectivity index (χ0v) is 19.2. The van der Waals surface area contributed by atoms with Crippen molar-refractivity contribution in [3.05, 3.63) is 82.4 Å². The SMILES string of the molecule is C/C(=C\CNC(=O)Cc1csc(NC(=O)OCC2c3ccccc3-c3ccccc32)n1)C(=O)O. The van der Waals surface area contributed by atoms with Crippen molar-refractivity contribution >= 4 is 34.4 Å². The van der Waals surface area contributed by atoms with Crippen LogP contribution in [0.4, 0.5) is 9.93 Å². The number of ether oxygens (including phenoxy) is 1. The van der Waals surface area contributed by atoms with E-state index in [4.69, 9.17) is 9.84 Å². The molecule has 0 aliphatic heterocycles. The van der Waals surface area contributed by atoms with Gasteiger partial charge in [-0.25, -0.2) is 14.6 Å². The van der Waals surface area contributed by atoms with E-state index in [1.54, 1.807) is 5.38 Å². The molecule has 8 nitrogen and oxygen atoms in total. The van der Waals surface area contributed by atoms with Crippen LogP contribution in [0.15, 0.2) is 65.6 Å². The lowest BCUT2D eigenvalue weighted by molar-refractivity contribution is -0.132. The number of thiazole rings is 1. The van der Waals surface area contributed by atoms with Gasteiger partial charge >= 0.3 is 12.1 Å². The monoisotopic (exact) mass is 477 g/mol. The first-order valence-electron chi connectivity index (χ1n) is 10.7. The molecule has 2 aromatic carbocycles. The highest BCUT2D eigenvalue weighted by atomic mass is 32.1. The topological polar surface area (TPSA) is 118 Å². The predicted molar refractivity (Wildman–Crippen MR) is 129 cm³/mol. The molecule has 1 aliphatic carbocycles. The Morgan fingerprint density at radius 1 is 1.09 bits per heavy atom. The Kier molecular flexibility index (Phi) is 7.03. The second-order valence-corrected chi connectivity index (χ2v) is 8.63. The molecule has 9 heteroatoms. The molecule has 0 saturated heterocycles. The number of hydrogen-bond acceptors (Lipinski definition) is 6. The maximum atomic E-state index is 12.4. The van der Waals surface area contributed by atoms with Crippen LogP contribution in [-0.2, 0) is 20.7 Å². The van der Waals surface area contributed by atoms with Crippen LogP contribution in [-0.4, -0.2) is 41.2 Å². The number of aromatic nitrogens is 1. The van der Waals surface area contributed by atoms with Crippen molar-refractivity contribution in [1.82, 2.24) is 10.3 Å². The Morgan fingerprint density at radius 2 is 1.74 bits per heavy atom. The van der Waals surface area contributed by atoms with E-state index < -0.39 is 12.1 Å². The van der Waals surface area contributed by atoms with E-state index in [1.807, 2.05) is 24.3 Å². The number of hydrogen-bond donors (Lipinski definition) is 3. The summed E-state index contributed by atoms with van der Waals surface area (Å²) >= 11 is 1.20. The quantitative estimate of drug-likeness (QED) is 0.419. The molecule has 34 heavy (non-hydrogen) atoms. The summed E-state index contributed by atoms with van der Waals surface area (Å²) in [6.45, 7) is 1.77. The minimum Gasteiger partial charge on any atom is -0.478 e. The van der Waals surface area contributed by atoms with Crippen LogP contribution in [0, 0.1) is 0 Å². The number of amides is 2. The van der Waals surface area contributed by atoms with Gasteiger partial charge in [-0.3, -0.25) is 10.1 Å². The largest absolute Gasteiger partial charge is 0.478 e. The Morgan fingerprint density at radius 3 is 2.38 bits per heavy atom. The average molecular weight is 478 g/mol. The third-order valence-electron chi connectivity index (χ3n) is 5.49. The second-order valence-electron chi connectivity index (χ2n) is 7.77. The molecule has 174 valence electrons. The molecule has 3 aromatic rings. The summed E-state index contributed by atoms with van der Waals surface area (Å²) in [7, 11) is 0. The van der Waals surface area contributed by atoms with Crippen molar-refractivity contribution in [1.29, 1.82) is 0 Å². The zero-order valence-electron chi connectivity index (χ0n) is 18.4. The van der Waals surface area contributed by atoms with Crippen molar-refractivity contribution in [3.63, 3.8) is 0 Å². The van der Waals surface area contributed by atoms with E-state index in [0.29, 0.717) is 10.8 Å². The molecule has 0 spiro atoms. The minimum absolute atomic E-state index is 0.0167. The van der Waals surface area contributed by atoms with Crippen LogP contribution in [0.5, 0.6) is 0 Å². The third kappa shape index (κ3) is 5.32. The highest BCUT2D eigenvalue weighted by Gasteiger charge is 2.29. The Hall–Kier alpha value is -3.98. The number of carbonyl (C=O) groups excluding carboxylic acids is 2. The Labute approximate surface area is 200 Å². The normalized spacial score (nSPS) is 12.6. The van der Waals surface area contributed by atoms with E-state index in [9.17, 15) is 14.4 Å². The fourth-order valence-corrected chi connectivity index (χ4v) is 4.50. The van der Waals surface area contributed by atoms with Gasteiger partial charge in [0.2, 0.25) is 5.91 Å². The van der Waals surface area contributed by atoms with Crippen LogP contribution in [0.2, 0.25) is 0 Å². The molecule has 0 radical (unpaired) electrons. The number of nitrogens with one attached hydrogen (secondary N) is 2. The molecule has 0 fully saturated rings. The number of aliphatic carboxylic acids is 1. The summed E-state index contributed by atoms with van der Waals surface area (Å²) < 4.78 is 5.51. The number of carbonyl (C=O) groups is 3. The molecule has 4 rings (SSSR count). The lowest BCUT2D eigenvalue weighted by atomic mass is 9.98. The lowest BCUT2D eigenvalue weighted by Gasteiger charge is -2.14. The fraction of sp³-hybridized carbons (Fsp3) is 0.200. The Balaban J connectivity index is 1.29. The Bertz CT molecular complexity index is 1220. The van der Waals surface area contributed by atoms with Gasteiger partial charge in [0.25, 0.3) is 0 Å². The fourth-order valence-electron chi connectivity index (χ4n) is 3.80. The summed E-state index contributed by atoms with van der Waals surface area (Å²) in [6.07, 6.45) is 0.829. The number of carboxylic acids is 1. The number of fused-ring (bicyclic) bond motifs is 3. The standard InChI is InChI=1S/C25H23N3O5S/c1-15(23(30)31)10-11-26-22(29)12-16-14-34-24(27-16)28-25(32)33-13-21-19-8-4-2-6-17(19)18-7-3-5-9-20(18)21/h2-10,14,21H,11-13H2,1H3,(H,26,29)(H,30,31)(H,27,28,32)/b15-10+. The van der Waals surface area contributed by atoms with Gasteiger partial charge in [0.1, 0.15) is 6.61 Å². The van der Waals surface area contributed by atoms with Gasteiger partial charge in [0, 0.05) is 23.4 Å². The number of carboxylic acid groups (broad SMARTS) is 1. The van der Waals surface area contributed by atoms with Gasteiger partial charge in [-0.1, -0.05) is 54.6 Å². The van der Waals surface area contributed by atoms with Gasteiger partial charge in [0.05, 0.1) is 12.1 Å². The van der Waals surface area contributed by atoms with Crippen LogP contribution in [0.25, 0.3) is 11.1 Å². The van der Waals surface area contributed by atoms with Crippen molar-refractivity contribution in [2.24, 2.45) is 0 Å². The van der Waals surface area contributed by atoms with Crippen molar-refractivity contribution in [3.8, 4) is 11.1 Å². The second kappa shape index (κ2) is 10.3. The molecular weight excluding hydrogens is 454 g/mol. The molecule has 2 amide bonds. The van der Waals surface area contributed by atoms with Crippen LogP contribution < -0.4 is 10.6 Å². The first-order valence-corrected chi connectivity index (χ1v) is 11.5. The highest BCUT2D eigenvalue weighted by Crippen LogP contribution is 2.44. The van der Waals surface area contributed by atoms with E-state index in [0.717, 1.165) is 22.3 Å². The number of benzene rings is 2. The van der Waals surface area contributed by atoms with Crippen LogP contribution in [0.1, 0.15) is 29.7 Å². The summed E-state index contributed by atoms with van der Waals surface area (Å²) in [5.41, 5.74) is 5.23. The third-order valence-corrected chi connectivity index (χ3v) is 6.30. The van der Waals surface area contributed by atoms with E-state index >= 15 is 0 Å². The molecular formula is C25H23N3O5S. The maximum absolute atomic E-state index is 12.4. The van der Waals surface area contributed by atoms with Gasteiger partial charge < -0.3 is 15.2 Å². The van der Waals surface area contributed by atoms with Crippen molar-refractivity contribution < 1.29 is 24.2 Å². The number of rotatable bonds is 8. The van der Waals surface area contributed by atoms with E-state index in [2.05, 4.69) is 39.9 Å². The summed E-state index contributed by atoms with van der Waals surface area (Å²) in [6, 6.07) is 16.2. The van der Waals surface area contributed by atoms with E-state index in [-0.39, 0.29) is 37.0 Å². The minimum atomic E-state index is -1.03. The van der Waals surface area contributed by atoms with Crippen molar-refractivity contribution in [2.45, 2.75) is 19.3 Å². The number of nitrogens with zero attached hydrogens (tertiary/aromatic N) is 1. The molecule has 1 aromatic heterocycles. The van der Waals surface area contributed by atoms with Gasteiger partial charge in [-0.2, -0.15) is 0 Å².